The van der Waals surface area contributed by atoms with Crippen molar-refractivity contribution in [2.75, 3.05) is 19.8 Å². The highest BCUT2D eigenvalue weighted by Gasteiger charge is 2.14. The molecule has 0 fully saturated rings. The number of aryl methyl sites for hydroxylation is 2. The zero-order chi connectivity index (χ0) is 28.9. The molecule has 0 aliphatic carbocycles. The summed E-state index contributed by atoms with van der Waals surface area (Å²) < 4.78 is 37.2. The van der Waals surface area contributed by atoms with Crippen molar-refractivity contribution in [2.45, 2.75) is 46.1 Å². The average Bonchev–Trinajstić information content (AvgIpc) is 3.00. The summed E-state index contributed by atoms with van der Waals surface area (Å²) in [5.41, 5.74) is 4.85. The first-order chi connectivity index (χ1) is 20.1. The minimum atomic E-state index is -0.278. The molecule has 4 rings (SSSR count). The van der Waals surface area contributed by atoms with Crippen molar-refractivity contribution in [3.05, 3.63) is 114 Å². The number of para-hydroxylation sites is 1. The van der Waals surface area contributed by atoms with Crippen molar-refractivity contribution < 1.29 is 28.1 Å². The molecular weight excluding hydrogens is 519 g/mol. The first kappa shape index (κ1) is 29.7. The predicted octanol–water partition coefficient (Wildman–Crippen LogP) is 7.98. The second kappa shape index (κ2) is 15.5. The summed E-state index contributed by atoms with van der Waals surface area (Å²) in [5.74, 6) is 1.72. The molecule has 0 aliphatic heterocycles. The number of rotatable bonds is 15. The summed E-state index contributed by atoms with van der Waals surface area (Å²) in [6.07, 6.45) is 2.33. The van der Waals surface area contributed by atoms with E-state index in [4.69, 9.17) is 18.9 Å². The number of hydrogen-bond acceptors (Lipinski definition) is 5. The zero-order valence-electron chi connectivity index (χ0n) is 23.7. The number of esters is 1. The highest BCUT2D eigenvalue weighted by Crippen LogP contribution is 2.37. The van der Waals surface area contributed by atoms with Crippen LogP contribution < -0.4 is 14.2 Å². The van der Waals surface area contributed by atoms with E-state index in [0.717, 1.165) is 45.7 Å². The van der Waals surface area contributed by atoms with Crippen LogP contribution in [0.25, 0.3) is 11.1 Å². The van der Waals surface area contributed by atoms with Crippen LogP contribution in [0.5, 0.6) is 17.2 Å². The van der Waals surface area contributed by atoms with E-state index >= 15 is 0 Å². The predicted molar refractivity (Wildman–Crippen MR) is 159 cm³/mol. The summed E-state index contributed by atoms with van der Waals surface area (Å²) in [6.45, 7) is 5.61. The van der Waals surface area contributed by atoms with Gasteiger partial charge in [-0.1, -0.05) is 67.6 Å². The minimum absolute atomic E-state index is 0.208. The third-order valence-corrected chi connectivity index (χ3v) is 6.62. The van der Waals surface area contributed by atoms with Crippen LogP contribution in [0.4, 0.5) is 4.39 Å². The number of hydrogen-bond donors (Lipinski definition) is 0. The van der Waals surface area contributed by atoms with Gasteiger partial charge in [0.1, 0.15) is 29.7 Å². The Balaban J connectivity index is 1.41. The first-order valence-electron chi connectivity index (χ1n) is 14.2. The smallest absolute Gasteiger partial charge is 0.306 e. The summed E-state index contributed by atoms with van der Waals surface area (Å²) in [4.78, 5) is 11.8. The van der Waals surface area contributed by atoms with Gasteiger partial charge in [-0.05, 0) is 66.3 Å². The molecule has 5 nitrogen and oxygen atoms in total. The largest absolute Gasteiger partial charge is 0.493 e. The molecule has 0 atom stereocenters. The summed E-state index contributed by atoms with van der Waals surface area (Å²) >= 11 is 0. The Labute approximate surface area is 241 Å². The number of carbonyl (C=O) groups is 1. The Kier molecular flexibility index (Phi) is 11.2. The molecule has 0 bridgehead atoms. The molecular formula is C35H37FO5. The van der Waals surface area contributed by atoms with Crippen molar-refractivity contribution in [2.24, 2.45) is 0 Å². The molecule has 214 valence electrons. The number of benzene rings is 4. The lowest BCUT2D eigenvalue weighted by atomic mass is 10.00. The van der Waals surface area contributed by atoms with Crippen LogP contribution in [0, 0.1) is 5.82 Å². The molecule has 6 heteroatoms. The Bertz CT molecular complexity index is 1390. The van der Waals surface area contributed by atoms with Crippen LogP contribution >= 0.6 is 0 Å². The summed E-state index contributed by atoms with van der Waals surface area (Å²) in [5, 5.41) is 0. The highest BCUT2D eigenvalue weighted by molar-refractivity contribution is 5.73. The van der Waals surface area contributed by atoms with Gasteiger partial charge in [-0.25, -0.2) is 4.39 Å². The Morgan fingerprint density at radius 1 is 0.732 bits per heavy atom. The van der Waals surface area contributed by atoms with E-state index in [1.165, 1.54) is 12.1 Å². The van der Waals surface area contributed by atoms with Gasteiger partial charge in [0.25, 0.3) is 0 Å². The van der Waals surface area contributed by atoms with Gasteiger partial charge in [0.2, 0.25) is 0 Å². The van der Waals surface area contributed by atoms with Crippen LogP contribution in [0.3, 0.4) is 0 Å². The van der Waals surface area contributed by atoms with Crippen molar-refractivity contribution >= 4 is 5.97 Å². The first-order valence-corrected chi connectivity index (χ1v) is 14.2. The van der Waals surface area contributed by atoms with E-state index in [2.05, 4.69) is 13.0 Å². The van der Waals surface area contributed by atoms with E-state index in [0.29, 0.717) is 51.4 Å². The maximum atomic E-state index is 13.6. The third-order valence-electron chi connectivity index (χ3n) is 6.62. The number of ether oxygens (including phenoxy) is 4. The lowest BCUT2D eigenvalue weighted by molar-refractivity contribution is -0.143. The van der Waals surface area contributed by atoms with E-state index in [1.54, 1.807) is 19.1 Å². The second-order valence-corrected chi connectivity index (χ2v) is 9.55. The number of carbonyl (C=O) groups excluding carboxylic acids is 1. The fraction of sp³-hybridized carbons (Fsp3) is 0.286. The van der Waals surface area contributed by atoms with Crippen molar-refractivity contribution in [3.63, 3.8) is 0 Å². The Morgan fingerprint density at radius 2 is 1.44 bits per heavy atom. The maximum Gasteiger partial charge on any atom is 0.306 e. The second-order valence-electron chi connectivity index (χ2n) is 9.55. The van der Waals surface area contributed by atoms with Crippen molar-refractivity contribution in [1.29, 1.82) is 0 Å². The van der Waals surface area contributed by atoms with Gasteiger partial charge >= 0.3 is 5.97 Å². The quantitative estimate of drug-likeness (QED) is 0.110. The van der Waals surface area contributed by atoms with Gasteiger partial charge in [0, 0.05) is 24.5 Å². The monoisotopic (exact) mass is 556 g/mol. The van der Waals surface area contributed by atoms with Crippen molar-refractivity contribution in [3.8, 4) is 28.4 Å². The molecule has 0 saturated heterocycles. The third kappa shape index (κ3) is 8.84. The summed E-state index contributed by atoms with van der Waals surface area (Å²) in [7, 11) is 0. The van der Waals surface area contributed by atoms with E-state index in [9.17, 15) is 9.18 Å². The SMILES string of the molecule is CCOC(=O)CCc1ccccc1OCCCOc1cc(OCc2ccccc2)c(-c2ccc(F)cc2)cc1CC. The normalized spacial score (nSPS) is 10.7. The topological polar surface area (TPSA) is 54.0 Å². The van der Waals surface area contributed by atoms with Gasteiger partial charge in [0.15, 0.2) is 0 Å². The molecule has 0 N–H and O–H groups in total. The molecule has 0 spiro atoms. The van der Waals surface area contributed by atoms with Crippen LogP contribution in [0.15, 0.2) is 91.0 Å². The van der Waals surface area contributed by atoms with Crippen LogP contribution in [0.2, 0.25) is 0 Å². The van der Waals surface area contributed by atoms with Gasteiger partial charge < -0.3 is 18.9 Å². The van der Waals surface area contributed by atoms with E-state index < -0.39 is 0 Å². The molecule has 0 aromatic heterocycles. The number of halogens is 1. The van der Waals surface area contributed by atoms with Gasteiger partial charge in [-0.2, -0.15) is 0 Å². The van der Waals surface area contributed by atoms with Crippen molar-refractivity contribution in [1.82, 2.24) is 0 Å². The molecule has 4 aromatic carbocycles. The Morgan fingerprint density at radius 3 is 2.17 bits per heavy atom. The van der Waals surface area contributed by atoms with E-state index in [1.807, 2.05) is 60.7 Å². The van der Waals surface area contributed by atoms with Gasteiger partial charge in [0.05, 0.1) is 19.8 Å². The summed E-state index contributed by atoms with van der Waals surface area (Å²) in [6, 6.07) is 28.2. The average molecular weight is 557 g/mol. The van der Waals surface area contributed by atoms with E-state index in [-0.39, 0.29) is 11.8 Å². The van der Waals surface area contributed by atoms with Gasteiger partial charge in [-0.15, -0.1) is 0 Å². The lowest BCUT2D eigenvalue weighted by Crippen LogP contribution is -2.09. The zero-order valence-corrected chi connectivity index (χ0v) is 23.7. The standard InChI is InChI=1S/C35H37FO5/c1-3-27-23-31(28-15-18-30(36)19-16-28)34(41-25-26-11-6-5-7-12-26)24-33(27)40-22-10-21-39-32-14-9-8-13-29(32)17-20-35(37)38-4-2/h5-9,11-16,18-19,23-24H,3-4,10,17,20-22,25H2,1-2H3. The van der Waals surface area contributed by atoms with Crippen LogP contribution in [-0.4, -0.2) is 25.8 Å². The molecule has 4 aromatic rings. The maximum absolute atomic E-state index is 13.6. The van der Waals surface area contributed by atoms with Crippen LogP contribution in [0.1, 0.15) is 43.4 Å². The molecule has 0 heterocycles. The lowest BCUT2D eigenvalue weighted by Gasteiger charge is -2.18. The fourth-order valence-electron chi connectivity index (χ4n) is 4.47. The van der Waals surface area contributed by atoms with Gasteiger partial charge in [-0.3, -0.25) is 4.79 Å². The Hall–Kier alpha value is -4.32. The molecule has 0 aliphatic rings. The molecule has 0 radical (unpaired) electrons. The highest BCUT2D eigenvalue weighted by atomic mass is 19.1. The molecule has 41 heavy (non-hydrogen) atoms. The molecule has 0 saturated carbocycles. The molecule has 0 unspecified atom stereocenters. The van der Waals surface area contributed by atoms with Crippen LogP contribution in [-0.2, 0) is 29.0 Å². The fourth-order valence-corrected chi connectivity index (χ4v) is 4.47. The minimum Gasteiger partial charge on any atom is -0.493 e. The molecule has 0 amide bonds.